The summed E-state index contributed by atoms with van der Waals surface area (Å²) in [6.45, 7) is 0. The molecule has 2 heterocycles. The van der Waals surface area contributed by atoms with Crippen molar-refractivity contribution in [3.63, 3.8) is 0 Å². The lowest BCUT2D eigenvalue weighted by Crippen LogP contribution is -2.19. The molecule has 0 atom stereocenters. The summed E-state index contributed by atoms with van der Waals surface area (Å²) < 4.78 is 0. The fourth-order valence-corrected chi connectivity index (χ4v) is 2.27. The largest absolute Gasteiger partial charge is 0.362 e. The first-order valence-corrected chi connectivity index (χ1v) is 6.93. The third-order valence-corrected chi connectivity index (χ3v) is 3.30. The second kappa shape index (κ2) is 5.81. The number of amides is 1. The zero-order chi connectivity index (χ0) is 15.5. The van der Waals surface area contributed by atoms with Crippen LogP contribution in [0, 0.1) is 0 Å². The van der Waals surface area contributed by atoms with Gasteiger partial charge in [-0.25, -0.2) is 4.98 Å². The van der Waals surface area contributed by atoms with Gasteiger partial charge in [-0.1, -0.05) is 18.2 Å². The van der Waals surface area contributed by atoms with Crippen molar-refractivity contribution in [3.05, 3.63) is 60.4 Å². The van der Waals surface area contributed by atoms with E-state index in [4.69, 9.17) is 0 Å². The van der Waals surface area contributed by atoms with E-state index in [1.807, 2.05) is 49.3 Å². The molecule has 0 aliphatic rings. The van der Waals surface area contributed by atoms with Crippen molar-refractivity contribution in [1.29, 1.82) is 0 Å². The second-order valence-electron chi connectivity index (χ2n) is 5.14. The van der Waals surface area contributed by atoms with E-state index in [9.17, 15) is 4.79 Å². The molecule has 0 spiro atoms. The highest BCUT2D eigenvalue weighted by molar-refractivity contribution is 6.08. The Morgan fingerprint density at radius 3 is 2.73 bits per heavy atom. The van der Waals surface area contributed by atoms with E-state index in [2.05, 4.69) is 15.3 Å². The molecule has 5 heteroatoms. The number of anilines is 2. The number of aromatic nitrogens is 2. The summed E-state index contributed by atoms with van der Waals surface area (Å²) in [5.41, 5.74) is 2.09. The Kier molecular flexibility index (Phi) is 3.70. The third kappa shape index (κ3) is 2.74. The van der Waals surface area contributed by atoms with E-state index < -0.39 is 0 Å². The average Bonchev–Trinajstić information content (AvgIpc) is 2.54. The van der Waals surface area contributed by atoms with Crippen molar-refractivity contribution < 1.29 is 4.79 Å². The summed E-state index contributed by atoms with van der Waals surface area (Å²) in [7, 11) is 3.72. The summed E-state index contributed by atoms with van der Waals surface area (Å²) in [4.78, 5) is 22.9. The van der Waals surface area contributed by atoms with Gasteiger partial charge in [0.15, 0.2) is 0 Å². The van der Waals surface area contributed by atoms with Crippen molar-refractivity contribution in [2.45, 2.75) is 0 Å². The van der Waals surface area contributed by atoms with Crippen LogP contribution < -0.4 is 10.2 Å². The van der Waals surface area contributed by atoms with E-state index in [-0.39, 0.29) is 5.91 Å². The van der Waals surface area contributed by atoms with Crippen molar-refractivity contribution in [1.82, 2.24) is 9.97 Å². The fraction of sp³-hybridized carbons (Fsp3) is 0.118. The number of fused-ring (bicyclic) bond motifs is 1. The molecular formula is C17H16N4O. The molecule has 0 aliphatic carbocycles. The number of pyridine rings is 2. The summed E-state index contributed by atoms with van der Waals surface area (Å²) >= 11 is 0. The quantitative estimate of drug-likeness (QED) is 0.806. The van der Waals surface area contributed by atoms with Gasteiger partial charge in [0.25, 0.3) is 5.91 Å². The zero-order valence-corrected chi connectivity index (χ0v) is 12.4. The van der Waals surface area contributed by atoms with Crippen LogP contribution in [-0.2, 0) is 0 Å². The molecule has 0 radical (unpaired) electrons. The van der Waals surface area contributed by atoms with Crippen molar-refractivity contribution in [2.75, 3.05) is 24.3 Å². The number of nitrogens with one attached hydrogen (secondary N) is 1. The van der Waals surface area contributed by atoms with Crippen LogP contribution in [0.2, 0.25) is 0 Å². The van der Waals surface area contributed by atoms with Gasteiger partial charge in [0.1, 0.15) is 5.82 Å². The Balaban J connectivity index is 1.90. The standard InChI is InChI=1S/C17H16N4O/c1-21(2)16-14(7-5-9-18-16)17(22)20-13-10-12-6-3-4-8-15(12)19-11-13/h3-11H,1-2H3,(H,20,22). The van der Waals surface area contributed by atoms with Gasteiger partial charge in [-0.15, -0.1) is 0 Å². The molecule has 3 rings (SSSR count). The minimum Gasteiger partial charge on any atom is -0.362 e. The van der Waals surface area contributed by atoms with Crippen molar-refractivity contribution >= 4 is 28.3 Å². The van der Waals surface area contributed by atoms with Gasteiger partial charge in [-0.2, -0.15) is 0 Å². The average molecular weight is 292 g/mol. The lowest BCUT2D eigenvalue weighted by Gasteiger charge is -2.15. The van der Waals surface area contributed by atoms with Gasteiger partial charge >= 0.3 is 0 Å². The number of nitrogens with zero attached hydrogens (tertiary/aromatic N) is 3. The molecule has 1 N–H and O–H groups in total. The van der Waals surface area contributed by atoms with E-state index in [0.29, 0.717) is 17.1 Å². The van der Waals surface area contributed by atoms with Crippen LogP contribution in [0.1, 0.15) is 10.4 Å². The predicted octanol–water partition coefficient (Wildman–Crippen LogP) is 2.95. The molecular weight excluding hydrogens is 276 g/mol. The Bertz CT molecular complexity index is 830. The maximum Gasteiger partial charge on any atom is 0.259 e. The minimum atomic E-state index is -0.200. The highest BCUT2D eigenvalue weighted by atomic mass is 16.1. The van der Waals surface area contributed by atoms with Crippen LogP contribution >= 0.6 is 0 Å². The number of rotatable bonds is 3. The molecule has 0 unspecified atom stereocenters. The lowest BCUT2D eigenvalue weighted by atomic mass is 10.2. The molecule has 0 saturated heterocycles. The molecule has 0 fully saturated rings. The fourth-order valence-electron chi connectivity index (χ4n) is 2.27. The van der Waals surface area contributed by atoms with Gasteiger partial charge in [0, 0.05) is 25.7 Å². The van der Waals surface area contributed by atoms with Crippen molar-refractivity contribution in [3.8, 4) is 0 Å². The smallest absolute Gasteiger partial charge is 0.259 e. The summed E-state index contributed by atoms with van der Waals surface area (Å²) in [5.74, 6) is 0.433. The topological polar surface area (TPSA) is 58.1 Å². The minimum absolute atomic E-state index is 0.200. The van der Waals surface area contributed by atoms with Crippen LogP contribution in [0.25, 0.3) is 10.9 Å². The highest BCUT2D eigenvalue weighted by Crippen LogP contribution is 2.19. The van der Waals surface area contributed by atoms with Crippen LogP contribution in [0.5, 0.6) is 0 Å². The van der Waals surface area contributed by atoms with E-state index >= 15 is 0 Å². The molecule has 3 aromatic rings. The molecule has 0 saturated carbocycles. The van der Waals surface area contributed by atoms with Crippen LogP contribution in [0.15, 0.2) is 54.9 Å². The van der Waals surface area contributed by atoms with Gasteiger partial charge in [0.2, 0.25) is 0 Å². The Morgan fingerprint density at radius 2 is 1.91 bits per heavy atom. The van der Waals surface area contributed by atoms with Crippen LogP contribution in [0.4, 0.5) is 11.5 Å². The van der Waals surface area contributed by atoms with Crippen LogP contribution in [-0.4, -0.2) is 30.0 Å². The number of benzene rings is 1. The number of carbonyl (C=O) groups excluding carboxylic acids is 1. The predicted molar refractivity (Wildman–Crippen MR) is 88.3 cm³/mol. The first-order chi connectivity index (χ1) is 10.6. The van der Waals surface area contributed by atoms with Gasteiger partial charge in [0.05, 0.1) is 23.0 Å². The molecule has 0 bridgehead atoms. The van der Waals surface area contributed by atoms with E-state index in [1.54, 1.807) is 24.5 Å². The Hall–Kier alpha value is -2.95. The second-order valence-corrected chi connectivity index (χ2v) is 5.14. The summed E-state index contributed by atoms with van der Waals surface area (Å²) in [6.07, 6.45) is 3.33. The Labute approximate surface area is 128 Å². The number of para-hydroxylation sites is 1. The number of carbonyl (C=O) groups is 1. The highest BCUT2D eigenvalue weighted by Gasteiger charge is 2.14. The monoisotopic (exact) mass is 292 g/mol. The molecule has 1 aromatic carbocycles. The molecule has 2 aromatic heterocycles. The Morgan fingerprint density at radius 1 is 1.09 bits per heavy atom. The summed E-state index contributed by atoms with van der Waals surface area (Å²) in [6, 6.07) is 13.2. The van der Waals surface area contributed by atoms with Crippen molar-refractivity contribution in [2.24, 2.45) is 0 Å². The SMILES string of the molecule is CN(C)c1ncccc1C(=O)Nc1cnc2ccccc2c1. The van der Waals surface area contributed by atoms with Gasteiger partial charge in [-0.3, -0.25) is 9.78 Å². The zero-order valence-electron chi connectivity index (χ0n) is 12.4. The molecule has 22 heavy (non-hydrogen) atoms. The van der Waals surface area contributed by atoms with Crippen LogP contribution in [0.3, 0.4) is 0 Å². The first-order valence-electron chi connectivity index (χ1n) is 6.93. The molecule has 1 amide bonds. The number of hydrogen-bond donors (Lipinski definition) is 1. The molecule has 0 aliphatic heterocycles. The lowest BCUT2D eigenvalue weighted by molar-refractivity contribution is 0.102. The summed E-state index contributed by atoms with van der Waals surface area (Å²) in [5, 5.41) is 3.86. The van der Waals surface area contributed by atoms with E-state index in [0.717, 1.165) is 10.9 Å². The molecule has 5 nitrogen and oxygen atoms in total. The maximum absolute atomic E-state index is 12.5. The van der Waals surface area contributed by atoms with Gasteiger partial charge in [-0.05, 0) is 24.3 Å². The maximum atomic E-state index is 12.5. The normalized spacial score (nSPS) is 10.5. The number of hydrogen-bond acceptors (Lipinski definition) is 4. The first kappa shape index (κ1) is 14.0. The molecule has 110 valence electrons. The third-order valence-electron chi connectivity index (χ3n) is 3.30. The van der Waals surface area contributed by atoms with Gasteiger partial charge < -0.3 is 10.2 Å². The van der Waals surface area contributed by atoms with E-state index in [1.165, 1.54) is 0 Å².